The molecule has 5 nitrogen and oxygen atoms in total. The standard InChI is InChI=1S/C42H66O5/c1-7-8-9-14-20-33(2)21-15-12-10-11-13-16-28-40(43)47-41-37(6)42(44)46-39(41)31-36(5)26-18-24-34(3)22-17-23-35(4)25-19-27-38-29-30-45-32-38/h22,25,29-33,36H,7-21,23-24,26-28H2,1-6H3/b34-22+,35-25+,39-31-/t33?,36-/m1/s1. The first-order valence-corrected chi connectivity index (χ1v) is 18.9. The number of cyclic esters (lactones) is 1. The average Bonchev–Trinajstić information content (AvgIpc) is 3.64. The van der Waals surface area contributed by atoms with Crippen molar-refractivity contribution in [3.8, 4) is 0 Å². The number of allylic oxidation sites excluding steroid dienone is 5. The quantitative estimate of drug-likeness (QED) is 0.0567. The van der Waals surface area contributed by atoms with Crippen molar-refractivity contribution in [2.45, 2.75) is 170 Å². The molecular formula is C42H66O5. The smallest absolute Gasteiger partial charge is 0.343 e. The number of unbranched alkanes of at least 4 members (excludes halogenated alkanes) is 8. The van der Waals surface area contributed by atoms with Crippen molar-refractivity contribution in [1.82, 2.24) is 0 Å². The minimum absolute atomic E-state index is 0.203. The molecule has 0 bridgehead atoms. The van der Waals surface area contributed by atoms with Crippen LogP contribution in [0.2, 0.25) is 0 Å². The van der Waals surface area contributed by atoms with E-state index in [-0.39, 0.29) is 11.9 Å². The molecule has 2 rings (SSSR count). The molecule has 2 heterocycles. The third kappa shape index (κ3) is 18.3. The topological polar surface area (TPSA) is 65.7 Å². The molecule has 0 amide bonds. The van der Waals surface area contributed by atoms with Crippen molar-refractivity contribution < 1.29 is 23.5 Å². The molecule has 0 N–H and O–H groups in total. The second-order valence-electron chi connectivity index (χ2n) is 14.1. The fourth-order valence-electron chi connectivity index (χ4n) is 6.15. The van der Waals surface area contributed by atoms with E-state index in [4.69, 9.17) is 13.9 Å². The molecule has 0 fully saturated rings. The Morgan fingerprint density at radius 2 is 1.49 bits per heavy atom. The van der Waals surface area contributed by atoms with Crippen molar-refractivity contribution in [3.05, 3.63) is 70.6 Å². The van der Waals surface area contributed by atoms with Gasteiger partial charge in [0.05, 0.1) is 18.1 Å². The highest BCUT2D eigenvalue weighted by Crippen LogP contribution is 2.30. The second-order valence-corrected chi connectivity index (χ2v) is 14.1. The molecular weight excluding hydrogens is 584 g/mol. The molecule has 0 radical (unpaired) electrons. The van der Waals surface area contributed by atoms with E-state index in [0.717, 1.165) is 70.1 Å². The number of carbonyl (C=O) groups is 2. The van der Waals surface area contributed by atoms with Gasteiger partial charge in [-0.3, -0.25) is 4.79 Å². The third-order valence-electron chi connectivity index (χ3n) is 9.37. The number of hydrogen-bond acceptors (Lipinski definition) is 5. The zero-order valence-electron chi connectivity index (χ0n) is 30.8. The molecule has 0 aromatic carbocycles. The van der Waals surface area contributed by atoms with Crippen molar-refractivity contribution >= 4 is 11.9 Å². The Morgan fingerprint density at radius 3 is 2.19 bits per heavy atom. The van der Waals surface area contributed by atoms with Gasteiger partial charge in [-0.05, 0) is 102 Å². The van der Waals surface area contributed by atoms with Gasteiger partial charge in [0.25, 0.3) is 0 Å². The Hall–Kier alpha value is -2.82. The lowest BCUT2D eigenvalue weighted by atomic mass is 9.96. The zero-order chi connectivity index (χ0) is 34.3. The summed E-state index contributed by atoms with van der Waals surface area (Å²) in [5.74, 6) is 1.05. The average molecular weight is 651 g/mol. The van der Waals surface area contributed by atoms with Gasteiger partial charge >= 0.3 is 11.9 Å². The van der Waals surface area contributed by atoms with E-state index in [9.17, 15) is 9.59 Å². The SMILES string of the molecule is CCCCCCC(C)CCCCCCCCC(=O)OC1=C(C)C(=O)O/C1=C\[C@H](C)CCC/C(C)=C/CC/C(C)=C/CCc1ccoc1. The van der Waals surface area contributed by atoms with E-state index < -0.39 is 5.97 Å². The number of hydrogen-bond donors (Lipinski definition) is 0. The summed E-state index contributed by atoms with van der Waals surface area (Å²) >= 11 is 0. The molecule has 0 saturated heterocycles. The molecule has 5 heteroatoms. The summed E-state index contributed by atoms with van der Waals surface area (Å²) < 4.78 is 16.3. The summed E-state index contributed by atoms with van der Waals surface area (Å²) in [7, 11) is 0. The summed E-state index contributed by atoms with van der Waals surface area (Å²) in [4.78, 5) is 24.9. The fourth-order valence-corrected chi connectivity index (χ4v) is 6.15. The first-order valence-electron chi connectivity index (χ1n) is 18.9. The maximum atomic E-state index is 12.6. The first-order chi connectivity index (χ1) is 22.7. The predicted octanol–water partition coefficient (Wildman–Crippen LogP) is 12.7. The van der Waals surface area contributed by atoms with Gasteiger partial charge in [-0.25, -0.2) is 4.79 Å². The molecule has 264 valence electrons. The normalized spacial score (nSPS) is 16.2. The van der Waals surface area contributed by atoms with Crippen LogP contribution in [0.15, 0.2) is 69.5 Å². The predicted molar refractivity (Wildman–Crippen MR) is 195 cm³/mol. The molecule has 1 aliphatic heterocycles. The minimum Gasteiger partial charge on any atom is -0.472 e. The summed E-state index contributed by atoms with van der Waals surface area (Å²) in [5, 5.41) is 0. The Balaban J connectivity index is 1.61. The Bertz CT molecular complexity index is 1150. The van der Waals surface area contributed by atoms with Crippen molar-refractivity contribution in [2.75, 3.05) is 0 Å². The van der Waals surface area contributed by atoms with Crippen LogP contribution in [0.25, 0.3) is 0 Å². The lowest BCUT2D eigenvalue weighted by Gasteiger charge is -2.11. The van der Waals surface area contributed by atoms with E-state index in [1.54, 1.807) is 13.2 Å². The number of carbonyl (C=O) groups excluding carboxylic acids is 2. The van der Waals surface area contributed by atoms with Crippen LogP contribution in [-0.4, -0.2) is 11.9 Å². The summed E-state index contributed by atoms with van der Waals surface area (Å²) in [5.41, 5.74) is 4.47. The van der Waals surface area contributed by atoms with Gasteiger partial charge in [0.2, 0.25) is 0 Å². The van der Waals surface area contributed by atoms with Crippen molar-refractivity contribution in [1.29, 1.82) is 0 Å². The van der Waals surface area contributed by atoms with Crippen LogP contribution in [0.5, 0.6) is 0 Å². The van der Waals surface area contributed by atoms with Crippen LogP contribution in [0.1, 0.15) is 169 Å². The van der Waals surface area contributed by atoms with Gasteiger partial charge in [0, 0.05) is 6.42 Å². The molecule has 1 aromatic rings. The highest BCUT2D eigenvalue weighted by atomic mass is 16.6. The third-order valence-corrected chi connectivity index (χ3v) is 9.37. The van der Waals surface area contributed by atoms with Gasteiger partial charge in [-0.2, -0.15) is 0 Å². The number of furan rings is 1. The first kappa shape index (κ1) is 40.4. The Kier molecular flexibility index (Phi) is 20.9. The molecule has 1 unspecified atom stereocenters. The number of rotatable bonds is 26. The molecule has 0 aliphatic carbocycles. The van der Waals surface area contributed by atoms with Crippen LogP contribution < -0.4 is 0 Å². The summed E-state index contributed by atoms with van der Waals surface area (Å²) in [6.07, 6.45) is 32.8. The number of aryl methyl sites for hydroxylation is 1. The lowest BCUT2D eigenvalue weighted by Crippen LogP contribution is -2.06. The van der Waals surface area contributed by atoms with Crippen LogP contribution in [0.3, 0.4) is 0 Å². The Labute approximate surface area is 287 Å². The van der Waals surface area contributed by atoms with Crippen LogP contribution in [0, 0.1) is 11.8 Å². The van der Waals surface area contributed by atoms with E-state index >= 15 is 0 Å². The molecule has 1 aromatic heterocycles. The minimum atomic E-state index is -0.425. The number of esters is 2. The lowest BCUT2D eigenvalue weighted by molar-refractivity contribution is -0.140. The van der Waals surface area contributed by atoms with Crippen molar-refractivity contribution in [2.24, 2.45) is 11.8 Å². The van der Waals surface area contributed by atoms with Gasteiger partial charge < -0.3 is 13.9 Å². The Morgan fingerprint density at radius 1 is 0.830 bits per heavy atom. The molecule has 47 heavy (non-hydrogen) atoms. The molecule has 2 atom stereocenters. The second kappa shape index (κ2) is 24.3. The van der Waals surface area contributed by atoms with Crippen LogP contribution in [-0.2, 0) is 25.5 Å². The van der Waals surface area contributed by atoms with Crippen LogP contribution >= 0.6 is 0 Å². The highest BCUT2D eigenvalue weighted by Gasteiger charge is 2.30. The monoisotopic (exact) mass is 650 g/mol. The molecule has 1 aliphatic rings. The van der Waals surface area contributed by atoms with Gasteiger partial charge in [0.1, 0.15) is 0 Å². The highest BCUT2D eigenvalue weighted by molar-refractivity contribution is 5.94. The van der Waals surface area contributed by atoms with Crippen LogP contribution in [0.4, 0.5) is 0 Å². The maximum Gasteiger partial charge on any atom is 0.343 e. The van der Waals surface area contributed by atoms with Gasteiger partial charge in [-0.1, -0.05) is 115 Å². The van der Waals surface area contributed by atoms with E-state index in [0.29, 0.717) is 23.5 Å². The van der Waals surface area contributed by atoms with Gasteiger partial charge in [-0.15, -0.1) is 0 Å². The van der Waals surface area contributed by atoms with E-state index in [1.807, 2.05) is 18.4 Å². The molecule has 0 saturated carbocycles. The maximum absolute atomic E-state index is 12.6. The number of ether oxygens (including phenoxy) is 2. The summed E-state index contributed by atoms with van der Waals surface area (Å²) in [6.45, 7) is 12.9. The summed E-state index contributed by atoms with van der Waals surface area (Å²) in [6, 6.07) is 2.03. The zero-order valence-corrected chi connectivity index (χ0v) is 30.8. The molecule has 0 spiro atoms. The van der Waals surface area contributed by atoms with E-state index in [2.05, 4.69) is 46.8 Å². The van der Waals surface area contributed by atoms with Crippen molar-refractivity contribution in [3.63, 3.8) is 0 Å². The fraction of sp³-hybridized carbons (Fsp3) is 0.667. The largest absolute Gasteiger partial charge is 0.472 e. The van der Waals surface area contributed by atoms with E-state index in [1.165, 1.54) is 74.5 Å². The van der Waals surface area contributed by atoms with Gasteiger partial charge in [0.15, 0.2) is 11.5 Å².